The van der Waals surface area contributed by atoms with Gasteiger partial charge in [0.05, 0.1) is 42.0 Å². The minimum absolute atomic E-state index is 0.0188. The number of carbonyl (C=O) groups excluding carboxylic acids is 1. The molecule has 0 saturated carbocycles. The second-order valence-electron chi connectivity index (χ2n) is 12.8. The van der Waals surface area contributed by atoms with Crippen molar-refractivity contribution in [1.29, 1.82) is 0 Å². The van der Waals surface area contributed by atoms with E-state index in [1.165, 1.54) is 0 Å². The average Bonchev–Trinajstić information content (AvgIpc) is 2.90. The highest BCUT2D eigenvalue weighted by Gasteiger charge is 2.45. The molecule has 0 aromatic rings. The Kier molecular flexibility index (Phi) is 15.6. The van der Waals surface area contributed by atoms with Crippen LogP contribution in [0.4, 0.5) is 0 Å². The van der Waals surface area contributed by atoms with Crippen molar-refractivity contribution in [3.63, 3.8) is 0 Å². The molecule has 0 amide bonds. The molecule has 1 heterocycles. The minimum Gasteiger partial charge on any atom is -0.436 e. The first-order valence-electron chi connectivity index (χ1n) is 15.2. The lowest BCUT2D eigenvalue weighted by molar-refractivity contribution is -0.269. The van der Waals surface area contributed by atoms with Crippen molar-refractivity contribution in [1.82, 2.24) is 9.80 Å². The summed E-state index contributed by atoms with van der Waals surface area (Å²) in [4.78, 5) is 16.9. The third kappa shape index (κ3) is 11.0. The van der Waals surface area contributed by atoms with Gasteiger partial charge in [-0.3, -0.25) is 4.79 Å². The maximum atomic E-state index is 13.0. The summed E-state index contributed by atoms with van der Waals surface area (Å²) in [5.41, 5.74) is -1.52. The summed E-state index contributed by atoms with van der Waals surface area (Å²) in [6, 6.07) is -0.301. The first kappa shape index (κ1) is 38.1. The van der Waals surface area contributed by atoms with Crippen LogP contribution in [0.25, 0.3) is 0 Å². The molecular formula is C30H60N2O9. The molecule has 0 aromatic carbocycles. The number of likely N-dealkylation sites (N-methyl/N-ethyl adjacent to an activating group) is 2. The van der Waals surface area contributed by atoms with Crippen molar-refractivity contribution in [2.75, 3.05) is 27.7 Å². The maximum Gasteiger partial charge on any atom is 0.313 e. The fourth-order valence-corrected chi connectivity index (χ4v) is 5.89. The van der Waals surface area contributed by atoms with Crippen molar-refractivity contribution >= 4 is 5.97 Å². The Morgan fingerprint density at radius 1 is 1.07 bits per heavy atom. The number of ether oxygens (including phenoxy) is 3. The molecule has 244 valence electrons. The number of aliphatic hydroxyl groups excluding tert-OH is 4. The van der Waals surface area contributed by atoms with E-state index in [9.17, 15) is 30.3 Å². The fourth-order valence-electron chi connectivity index (χ4n) is 5.89. The minimum atomic E-state index is -1.52. The predicted octanol–water partition coefficient (Wildman–Crippen LogP) is 1.57. The van der Waals surface area contributed by atoms with Crippen LogP contribution >= 0.6 is 0 Å². The van der Waals surface area contributed by atoms with E-state index in [-0.39, 0.29) is 30.8 Å². The van der Waals surface area contributed by atoms with Gasteiger partial charge in [0, 0.05) is 37.4 Å². The van der Waals surface area contributed by atoms with Gasteiger partial charge in [0.15, 0.2) is 12.6 Å². The molecule has 4 unspecified atom stereocenters. The highest BCUT2D eigenvalue weighted by Crippen LogP contribution is 2.34. The van der Waals surface area contributed by atoms with Crippen LogP contribution in [-0.4, -0.2) is 130 Å². The molecule has 41 heavy (non-hydrogen) atoms. The van der Waals surface area contributed by atoms with E-state index in [0.29, 0.717) is 19.4 Å². The van der Waals surface area contributed by atoms with Gasteiger partial charge in [-0.15, -0.1) is 0 Å². The van der Waals surface area contributed by atoms with E-state index in [1.54, 1.807) is 34.6 Å². The standard InChI is InChI=1S/C30H60N2O9/c1-12-23(33)20(6)32(11)16-17(3)15-30(8,38)28(36)18(4)27(19(5)29(37)40-24(34)13-2)41-25-14-22(31(9)10)26(35)21(7)39-25/h17-28,33-36,38H,12-16H2,1-11H3/t17-,18+,19-,20-,21?,22?,23+,24?,25+,26-,27+,28-,30?/m1/s1. The SMILES string of the molecule is CCC(O)OC(=O)[C@H](C)[C@@H](O[C@H]1CC(N(C)C)[C@H](O)C(C)O1)[C@H](C)[C@@H](O)C(C)(O)C[C@@H](C)CN(C)[C@H](C)[C@@H](O)CC. The molecule has 0 aromatic heterocycles. The zero-order valence-corrected chi connectivity index (χ0v) is 27.2. The third-order valence-electron chi connectivity index (χ3n) is 8.80. The van der Waals surface area contributed by atoms with Crippen LogP contribution in [0.1, 0.15) is 81.1 Å². The number of rotatable bonds is 17. The Labute approximate surface area is 247 Å². The van der Waals surface area contributed by atoms with Crippen molar-refractivity contribution < 1.29 is 44.5 Å². The molecule has 1 aliphatic heterocycles. The number of hydrogen-bond acceptors (Lipinski definition) is 11. The van der Waals surface area contributed by atoms with Gasteiger partial charge in [-0.1, -0.05) is 27.7 Å². The van der Waals surface area contributed by atoms with Gasteiger partial charge < -0.3 is 49.5 Å². The number of nitrogens with zero attached hydrogens (tertiary/aromatic N) is 2. The van der Waals surface area contributed by atoms with Gasteiger partial charge in [0.1, 0.15) is 0 Å². The van der Waals surface area contributed by atoms with E-state index in [2.05, 4.69) is 0 Å². The Hall–Kier alpha value is -0.890. The highest BCUT2D eigenvalue weighted by atomic mass is 16.7. The molecule has 1 rings (SSSR count). The average molecular weight is 593 g/mol. The molecule has 11 nitrogen and oxygen atoms in total. The number of hydrogen-bond donors (Lipinski definition) is 5. The largest absolute Gasteiger partial charge is 0.436 e. The molecule has 13 atom stereocenters. The molecule has 0 bridgehead atoms. The summed E-state index contributed by atoms with van der Waals surface area (Å²) in [6.45, 7) is 14.8. The monoisotopic (exact) mass is 592 g/mol. The van der Waals surface area contributed by atoms with E-state index in [0.717, 1.165) is 0 Å². The lowest BCUT2D eigenvalue weighted by Gasteiger charge is -2.44. The Morgan fingerprint density at radius 2 is 1.66 bits per heavy atom. The van der Waals surface area contributed by atoms with Gasteiger partial charge >= 0.3 is 5.97 Å². The Bertz CT molecular complexity index is 770. The van der Waals surface area contributed by atoms with E-state index >= 15 is 0 Å². The molecular weight excluding hydrogens is 532 g/mol. The van der Waals surface area contributed by atoms with Crippen molar-refractivity contribution in [3.05, 3.63) is 0 Å². The summed E-state index contributed by atoms with van der Waals surface area (Å²) in [5, 5.41) is 53.7. The Balaban J connectivity index is 3.15. The van der Waals surface area contributed by atoms with Crippen LogP contribution in [0.5, 0.6) is 0 Å². The zero-order chi connectivity index (χ0) is 31.8. The molecule has 0 radical (unpaired) electrons. The predicted molar refractivity (Wildman–Crippen MR) is 157 cm³/mol. The summed E-state index contributed by atoms with van der Waals surface area (Å²) >= 11 is 0. The first-order chi connectivity index (χ1) is 18.9. The fraction of sp³-hybridized carbons (Fsp3) is 0.967. The van der Waals surface area contributed by atoms with Crippen LogP contribution in [0.2, 0.25) is 0 Å². The second kappa shape index (κ2) is 16.8. The van der Waals surface area contributed by atoms with Gasteiger partial charge in [0.25, 0.3) is 0 Å². The number of esters is 1. The molecule has 1 aliphatic rings. The summed E-state index contributed by atoms with van der Waals surface area (Å²) in [6.07, 6.45) is -4.50. The smallest absolute Gasteiger partial charge is 0.313 e. The van der Waals surface area contributed by atoms with Gasteiger partial charge in [0.2, 0.25) is 0 Å². The molecule has 5 N–H and O–H groups in total. The lowest BCUT2D eigenvalue weighted by atomic mass is 9.78. The van der Waals surface area contributed by atoms with Crippen molar-refractivity contribution in [2.45, 2.75) is 142 Å². The normalized spacial score (nSPS) is 29.2. The summed E-state index contributed by atoms with van der Waals surface area (Å²) < 4.78 is 17.5. The topological polar surface area (TPSA) is 152 Å². The molecule has 1 saturated heterocycles. The van der Waals surface area contributed by atoms with Crippen LogP contribution < -0.4 is 0 Å². The van der Waals surface area contributed by atoms with E-state index in [4.69, 9.17) is 14.2 Å². The number of aliphatic hydroxyl groups is 5. The lowest BCUT2D eigenvalue weighted by Crippen LogP contribution is -2.56. The summed E-state index contributed by atoms with van der Waals surface area (Å²) in [7, 11) is 5.65. The quantitative estimate of drug-likeness (QED) is 0.124. The highest BCUT2D eigenvalue weighted by molar-refractivity contribution is 5.72. The second-order valence-corrected chi connectivity index (χ2v) is 12.8. The molecule has 11 heteroatoms. The van der Waals surface area contributed by atoms with Crippen molar-refractivity contribution in [3.8, 4) is 0 Å². The van der Waals surface area contributed by atoms with Crippen LogP contribution in [0.3, 0.4) is 0 Å². The van der Waals surface area contributed by atoms with E-state index < -0.39 is 66.5 Å². The summed E-state index contributed by atoms with van der Waals surface area (Å²) in [5.74, 6) is -2.34. The first-order valence-corrected chi connectivity index (χ1v) is 15.2. The Morgan fingerprint density at radius 3 is 2.17 bits per heavy atom. The van der Waals surface area contributed by atoms with Crippen LogP contribution in [0, 0.1) is 17.8 Å². The number of carbonyl (C=O) groups is 1. The van der Waals surface area contributed by atoms with Gasteiger partial charge in [-0.05, 0) is 67.6 Å². The van der Waals surface area contributed by atoms with Crippen LogP contribution in [-0.2, 0) is 19.0 Å². The zero-order valence-electron chi connectivity index (χ0n) is 27.2. The third-order valence-corrected chi connectivity index (χ3v) is 8.80. The van der Waals surface area contributed by atoms with Gasteiger partial charge in [-0.2, -0.15) is 0 Å². The van der Waals surface area contributed by atoms with Gasteiger partial charge in [-0.25, -0.2) is 0 Å². The van der Waals surface area contributed by atoms with E-state index in [1.807, 2.05) is 51.7 Å². The van der Waals surface area contributed by atoms with Crippen LogP contribution in [0.15, 0.2) is 0 Å². The molecule has 1 fully saturated rings. The molecule has 0 aliphatic carbocycles. The maximum absolute atomic E-state index is 13.0. The van der Waals surface area contributed by atoms with Crippen molar-refractivity contribution in [2.24, 2.45) is 17.8 Å². The molecule has 0 spiro atoms.